The van der Waals surface area contributed by atoms with E-state index in [0.717, 1.165) is 17.7 Å². The van der Waals surface area contributed by atoms with Crippen molar-refractivity contribution < 1.29 is 27.5 Å². The SMILES string of the molecule is O=C(O)C(CSCc1ccccc1)Nc1nc(Nc2ccc(C(F)(F)F)cc2)nc(-c2cccc(F)c2)n1. The molecule has 0 aliphatic carbocycles. The molecule has 4 aromatic rings. The molecule has 4 rings (SSSR count). The number of thioether (sulfide) groups is 1. The number of hydrogen-bond donors (Lipinski definition) is 3. The minimum absolute atomic E-state index is 0.0393. The second-order valence-electron chi connectivity index (χ2n) is 8.05. The van der Waals surface area contributed by atoms with Crippen molar-refractivity contribution in [3.05, 3.63) is 95.8 Å². The quantitative estimate of drug-likeness (QED) is 0.202. The van der Waals surface area contributed by atoms with Crippen LogP contribution >= 0.6 is 11.8 Å². The van der Waals surface area contributed by atoms with Gasteiger partial charge in [0, 0.05) is 22.8 Å². The Morgan fingerprint density at radius 1 is 0.921 bits per heavy atom. The van der Waals surface area contributed by atoms with Gasteiger partial charge in [0.2, 0.25) is 11.9 Å². The highest BCUT2D eigenvalue weighted by Gasteiger charge is 2.30. The minimum atomic E-state index is -4.49. The van der Waals surface area contributed by atoms with Crippen LogP contribution in [0.25, 0.3) is 11.4 Å². The third-order valence-electron chi connectivity index (χ3n) is 5.18. The zero-order chi connectivity index (χ0) is 27.1. The van der Waals surface area contributed by atoms with Gasteiger partial charge >= 0.3 is 12.1 Å². The predicted octanol–water partition coefficient (Wildman–Crippen LogP) is 6.24. The number of aromatic nitrogens is 3. The Morgan fingerprint density at radius 3 is 2.29 bits per heavy atom. The standard InChI is InChI=1S/C26H21F4N5O2S/c27-19-8-4-7-17(13-19)22-33-24(31-20-11-9-18(10-12-20)26(28,29)30)35-25(34-22)32-21(23(36)37)15-38-14-16-5-2-1-3-6-16/h1-13,21H,14-15H2,(H,36,37)(H2,31,32,33,34,35). The molecule has 0 saturated heterocycles. The first-order valence-electron chi connectivity index (χ1n) is 11.2. The van der Waals surface area contributed by atoms with Crippen LogP contribution in [0.2, 0.25) is 0 Å². The summed E-state index contributed by atoms with van der Waals surface area (Å²) in [7, 11) is 0. The van der Waals surface area contributed by atoms with Gasteiger partial charge in [-0.1, -0.05) is 42.5 Å². The van der Waals surface area contributed by atoms with E-state index in [1.54, 1.807) is 6.07 Å². The van der Waals surface area contributed by atoms with Crippen LogP contribution in [-0.4, -0.2) is 37.8 Å². The van der Waals surface area contributed by atoms with E-state index in [-0.39, 0.29) is 29.2 Å². The first-order valence-corrected chi connectivity index (χ1v) is 12.4. The molecule has 0 radical (unpaired) electrons. The summed E-state index contributed by atoms with van der Waals surface area (Å²) in [6.45, 7) is 0. The van der Waals surface area contributed by atoms with Crippen molar-refractivity contribution in [2.24, 2.45) is 0 Å². The number of aliphatic carboxylic acids is 1. The fourth-order valence-electron chi connectivity index (χ4n) is 3.32. The van der Waals surface area contributed by atoms with Crippen LogP contribution in [0.1, 0.15) is 11.1 Å². The molecule has 0 saturated carbocycles. The van der Waals surface area contributed by atoms with Crippen LogP contribution in [0, 0.1) is 5.82 Å². The third-order valence-corrected chi connectivity index (χ3v) is 6.29. The van der Waals surface area contributed by atoms with Crippen LogP contribution in [-0.2, 0) is 16.7 Å². The smallest absolute Gasteiger partial charge is 0.416 e. The number of carbonyl (C=O) groups is 1. The Balaban J connectivity index is 1.58. The fourth-order valence-corrected chi connectivity index (χ4v) is 4.33. The maximum Gasteiger partial charge on any atom is 0.416 e. The molecular formula is C26H21F4N5O2S. The molecule has 38 heavy (non-hydrogen) atoms. The topological polar surface area (TPSA) is 100 Å². The number of hydrogen-bond acceptors (Lipinski definition) is 7. The Bertz CT molecular complexity index is 1390. The van der Waals surface area contributed by atoms with Crippen molar-refractivity contribution in [3.63, 3.8) is 0 Å². The zero-order valence-corrected chi connectivity index (χ0v) is 20.4. The first kappa shape index (κ1) is 26.9. The summed E-state index contributed by atoms with van der Waals surface area (Å²) in [4.78, 5) is 24.6. The Labute approximate surface area is 219 Å². The number of alkyl halides is 3. The van der Waals surface area contributed by atoms with E-state index in [1.807, 2.05) is 30.3 Å². The molecule has 1 atom stereocenters. The van der Waals surface area contributed by atoms with Crippen molar-refractivity contribution in [2.45, 2.75) is 18.0 Å². The fraction of sp³-hybridized carbons (Fsp3) is 0.154. The van der Waals surface area contributed by atoms with Gasteiger partial charge in [-0.15, -0.1) is 0 Å². The summed E-state index contributed by atoms with van der Waals surface area (Å²) in [5.41, 5.74) is 0.779. The summed E-state index contributed by atoms with van der Waals surface area (Å²) in [5.74, 6) is -1.00. The van der Waals surface area contributed by atoms with Crippen LogP contribution in [0.4, 0.5) is 35.1 Å². The van der Waals surface area contributed by atoms with E-state index in [2.05, 4.69) is 25.6 Å². The summed E-state index contributed by atoms with van der Waals surface area (Å²) in [6, 6.07) is 18.2. The Morgan fingerprint density at radius 2 is 1.63 bits per heavy atom. The number of anilines is 3. The highest BCUT2D eigenvalue weighted by atomic mass is 32.2. The van der Waals surface area contributed by atoms with Gasteiger partial charge in [-0.25, -0.2) is 9.18 Å². The van der Waals surface area contributed by atoms with Gasteiger partial charge in [-0.3, -0.25) is 0 Å². The van der Waals surface area contributed by atoms with Gasteiger partial charge in [0.1, 0.15) is 11.9 Å². The summed E-state index contributed by atoms with van der Waals surface area (Å²) in [6.07, 6.45) is -4.49. The summed E-state index contributed by atoms with van der Waals surface area (Å²) in [5, 5.41) is 15.3. The van der Waals surface area contributed by atoms with Gasteiger partial charge in [-0.2, -0.15) is 39.9 Å². The molecule has 3 aromatic carbocycles. The largest absolute Gasteiger partial charge is 0.480 e. The number of benzene rings is 3. The third kappa shape index (κ3) is 7.42. The van der Waals surface area contributed by atoms with E-state index < -0.39 is 29.6 Å². The van der Waals surface area contributed by atoms with Gasteiger partial charge in [0.15, 0.2) is 5.82 Å². The van der Waals surface area contributed by atoms with Gasteiger partial charge in [0.05, 0.1) is 5.56 Å². The molecule has 0 fully saturated rings. The van der Waals surface area contributed by atoms with Crippen molar-refractivity contribution >= 4 is 35.3 Å². The molecule has 0 amide bonds. The number of rotatable bonds is 10. The van der Waals surface area contributed by atoms with E-state index >= 15 is 0 Å². The van der Waals surface area contributed by atoms with Crippen LogP contribution in [0.15, 0.2) is 78.9 Å². The molecule has 196 valence electrons. The summed E-state index contributed by atoms with van der Waals surface area (Å²) >= 11 is 1.40. The van der Waals surface area contributed by atoms with Gasteiger partial charge in [0.25, 0.3) is 0 Å². The van der Waals surface area contributed by atoms with E-state index in [9.17, 15) is 27.5 Å². The van der Waals surface area contributed by atoms with E-state index in [0.29, 0.717) is 11.3 Å². The molecule has 0 aliphatic heterocycles. The maximum absolute atomic E-state index is 13.9. The second-order valence-corrected chi connectivity index (χ2v) is 9.08. The average molecular weight is 544 g/mol. The Hall–Kier alpha value is -4.19. The number of halogens is 4. The summed E-state index contributed by atoms with van der Waals surface area (Å²) < 4.78 is 52.6. The predicted molar refractivity (Wildman–Crippen MR) is 138 cm³/mol. The lowest BCUT2D eigenvalue weighted by Crippen LogP contribution is -2.32. The van der Waals surface area contributed by atoms with Crippen molar-refractivity contribution in [2.75, 3.05) is 16.4 Å². The number of nitrogens with zero attached hydrogens (tertiary/aromatic N) is 3. The van der Waals surface area contributed by atoms with Crippen LogP contribution < -0.4 is 10.6 Å². The molecule has 12 heteroatoms. The molecule has 3 N–H and O–H groups in total. The highest BCUT2D eigenvalue weighted by Crippen LogP contribution is 2.30. The second kappa shape index (κ2) is 11.9. The zero-order valence-electron chi connectivity index (χ0n) is 19.6. The highest BCUT2D eigenvalue weighted by molar-refractivity contribution is 7.98. The Kier molecular flexibility index (Phi) is 8.41. The number of carboxylic acid groups (broad SMARTS) is 1. The van der Waals surface area contributed by atoms with Gasteiger partial charge < -0.3 is 15.7 Å². The van der Waals surface area contributed by atoms with E-state index in [4.69, 9.17) is 0 Å². The molecule has 1 heterocycles. The van der Waals surface area contributed by atoms with Crippen LogP contribution in [0.3, 0.4) is 0 Å². The van der Waals surface area contributed by atoms with Crippen molar-refractivity contribution in [3.8, 4) is 11.4 Å². The minimum Gasteiger partial charge on any atom is -0.480 e. The van der Waals surface area contributed by atoms with Crippen molar-refractivity contribution in [1.82, 2.24) is 15.0 Å². The monoisotopic (exact) mass is 543 g/mol. The van der Waals surface area contributed by atoms with Crippen molar-refractivity contribution in [1.29, 1.82) is 0 Å². The molecule has 1 aromatic heterocycles. The maximum atomic E-state index is 13.9. The number of carboxylic acids is 1. The number of nitrogens with one attached hydrogen (secondary N) is 2. The average Bonchev–Trinajstić information content (AvgIpc) is 2.88. The molecule has 1 unspecified atom stereocenters. The molecular weight excluding hydrogens is 522 g/mol. The normalized spacial score (nSPS) is 12.1. The molecule has 0 aliphatic rings. The lowest BCUT2D eigenvalue weighted by molar-refractivity contribution is -0.138. The lowest BCUT2D eigenvalue weighted by atomic mass is 10.2. The van der Waals surface area contributed by atoms with Crippen LogP contribution in [0.5, 0.6) is 0 Å². The first-order chi connectivity index (χ1) is 18.2. The molecule has 0 spiro atoms. The van der Waals surface area contributed by atoms with Gasteiger partial charge in [-0.05, 0) is 42.0 Å². The van der Waals surface area contributed by atoms with E-state index in [1.165, 1.54) is 42.1 Å². The molecule has 7 nitrogen and oxygen atoms in total. The lowest BCUT2D eigenvalue weighted by Gasteiger charge is -2.16. The molecule has 0 bridgehead atoms.